The first-order chi connectivity index (χ1) is 9.35. The van der Waals surface area contributed by atoms with Crippen LogP contribution in [0.15, 0.2) is 0 Å². The molecule has 2 fully saturated rings. The Hall–Kier alpha value is 0.860. The van der Waals surface area contributed by atoms with Crippen molar-refractivity contribution in [2.45, 2.75) is 89.4 Å². The monoisotopic (exact) mass is 300 g/mol. The normalized spacial score (nSPS) is 24.9. The lowest BCUT2D eigenvalue weighted by Gasteiger charge is -2.32. The molecule has 0 aromatic heterocycles. The van der Waals surface area contributed by atoms with E-state index in [-0.39, 0.29) is 0 Å². The molecule has 2 saturated carbocycles. The molecule has 2 unspecified atom stereocenters. The van der Waals surface area contributed by atoms with Crippen LogP contribution in [0.2, 0.25) is 0 Å². The van der Waals surface area contributed by atoms with Crippen LogP contribution in [-0.2, 0) is 0 Å². The van der Waals surface area contributed by atoms with Gasteiger partial charge < -0.3 is 0 Å². The van der Waals surface area contributed by atoms with Gasteiger partial charge in [-0.05, 0) is 55.2 Å². The molecule has 0 N–H and O–H groups in total. The topological polar surface area (TPSA) is 0 Å². The smallest absolute Gasteiger partial charge is 0.0116 e. The molecule has 19 heavy (non-hydrogen) atoms. The first-order valence-electron chi connectivity index (χ1n) is 8.83. The van der Waals surface area contributed by atoms with Crippen molar-refractivity contribution in [1.82, 2.24) is 0 Å². The molecular weight excluding hydrogens is 266 g/mol. The number of hydrogen-bond acceptors (Lipinski definition) is 0. The molecule has 0 bridgehead atoms. The van der Waals surface area contributed by atoms with Gasteiger partial charge in [0.15, 0.2) is 0 Å². The summed E-state index contributed by atoms with van der Waals surface area (Å²) in [5.74, 6) is 1.71. The third kappa shape index (κ3) is 4.97. The van der Waals surface area contributed by atoms with E-state index in [1.807, 2.05) is 0 Å². The molecule has 0 nitrogen and oxygen atoms in total. The molecule has 0 spiro atoms. The summed E-state index contributed by atoms with van der Waals surface area (Å²) in [6, 6.07) is 0. The highest BCUT2D eigenvalue weighted by Gasteiger charge is 2.30. The van der Waals surface area contributed by atoms with Crippen molar-refractivity contribution in [2.24, 2.45) is 0 Å². The summed E-state index contributed by atoms with van der Waals surface area (Å²) in [7, 11) is 0.800. The van der Waals surface area contributed by atoms with E-state index in [1.54, 1.807) is 69.6 Å². The molecule has 0 heterocycles. The van der Waals surface area contributed by atoms with Crippen LogP contribution in [0.25, 0.3) is 0 Å². The number of hydrogen-bond donors (Lipinski definition) is 0. The lowest BCUT2D eigenvalue weighted by molar-refractivity contribution is 0.874. The molecule has 0 radical (unpaired) electrons. The predicted molar refractivity (Wildman–Crippen MR) is 93.5 cm³/mol. The van der Waals surface area contributed by atoms with E-state index in [0.717, 1.165) is 0 Å². The maximum atomic E-state index is 2.42. The van der Waals surface area contributed by atoms with Crippen molar-refractivity contribution < 1.29 is 0 Å². The van der Waals surface area contributed by atoms with E-state index in [9.17, 15) is 0 Å². The number of rotatable bonds is 8. The molecule has 112 valence electrons. The average Bonchev–Trinajstić information content (AvgIpc) is 3.10. The minimum atomic E-state index is 0.400. The Bertz CT molecular complexity index is 205. The van der Waals surface area contributed by atoms with E-state index < -0.39 is 0 Å². The van der Waals surface area contributed by atoms with Crippen molar-refractivity contribution in [3.05, 3.63) is 0 Å². The molecule has 0 aliphatic heterocycles. The molecule has 2 rings (SSSR count). The largest absolute Gasteiger partial charge is 0.0991 e. The summed E-state index contributed by atoms with van der Waals surface area (Å²) < 4.78 is 0. The second kappa shape index (κ2) is 9.00. The van der Waals surface area contributed by atoms with Crippen molar-refractivity contribution in [2.75, 3.05) is 18.2 Å². The quantitative estimate of drug-likeness (QED) is 0.442. The van der Waals surface area contributed by atoms with Gasteiger partial charge in [-0.3, -0.25) is 0 Å². The summed E-state index contributed by atoms with van der Waals surface area (Å²) >= 11 is 0. The highest BCUT2D eigenvalue weighted by Crippen LogP contribution is 2.61. The highest BCUT2D eigenvalue weighted by molar-refractivity contribution is 7.75. The Morgan fingerprint density at radius 3 is 1.37 bits per heavy atom. The van der Waals surface area contributed by atoms with Gasteiger partial charge in [0.1, 0.15) is 0 Å². The molecule has 0 aromatic rings. The van der Waals surface area contributed by atoms with Crippen molar-refractivity contribution in [1.29, 1.82) is 0 Å². The van der Waals surface area contributed by atoms with Gasteiger partial charge in [0.05, 0.1) is 0 Å². The van der Waals surface area contributed by atoms with E-state index >= 15 is 0 Å². The van der Waals surface area contributed by atoms with Crippen LogP contribution in [0.4, 0.5) is 0 Å². The van der Waals surface area contributed by atoms with Crippen LogP contribution in [0.1, 0.15) is 78.1 Å². The van der Waals surface area contributed by atoms with Gasteiger partial charge in [0.25, 0.3) is 0 Å². The van der Waals surface area contributed by atoms with Gasteiger partial charge in [-0.15, -0.1) is 0 Å². The fourth-order valence-electron chi connectivity index (χ4n) is 4.08. The summed E-state index contributed by atoms with van der Waals surface area (Å²) in [5.41, 5.74) is 2.36. The minimum absolute atomic E-state index is 0.400. The van der Waals surface area contributed by atoms with Crippen LogP contribution in [-0.4, -0.2) is 29.5 Å². The Morgan fingerprint density at radius 1 is 0.684 bits per heavy atom. The Kier molecular flexibility index (Phi) is 7.69. The van der Waals surface area contributed by atoms with Crippen LogP contribution in [0, 0.1) is 0 Å². The molecule has 2 aliphatic rings. The van der Waals surface area contributed by atoms with Gasteiger partial charge in [-0.1, -0.05) is 68.2 Å². The SMILES string of the molecule is CCCP(CP(CCC)C1CCCC1)C1CCCC1. The standard InChI is InChI=1S/C17H34P2/c1-3-13-18(16-9-5-6-10-16)15-19(14-4-2)17-11-7-8-12-17/h16-17H,3-15H2,1-2H3. The molecule has 2 aliphatic carbocycles. The summed E-state index contributed by atoms with van der Waals surface area (Å²) in [6.45, 7) is 4.84. The second-order valence-corrected chi connectivity index (χ2v) is 12.5. The molecule has 0 saturated heterocycles. The van der Waals surface area contributed by atoms with Crippen molar-refractivity contribution in [3.8, 4) is 0 Å². The zero-order chi connectivity index (χ0) is 13.5. The highest BCUT2D eigenvalue weighted by atomic mass is 31.2. The first kappa shape index (κ1) is 16.2. The summed E-state index contributed by atoms with van der Waals surface area (Å²) in [5, 5.41) is 0. The molecular formula is C17H34P2. The average molecular weight is 300 g/mol. The van der Waals surface area contributed by atoms with Gasteiger partial charge in [-0.2, -0.15) is 0 Å². The molecule has 2 heteroatoms. The van der Waals surface area contributed by atoms with Crippen molar-refractivity contribution in [3.63, 3.8) is 0 Å². The van der Waals surface area contributed by atoms with Gasteiger partial charge in [0, 0.05) is 0 Å². The third-order valence-electron chi connectivity index (χ3n) is 5.07. The fourth-order valence-corrected chi connectivity index (χ4v) is 13.0. The van der Waals surface area contributed by atoms with Crippen LogP contribution in [0.5, 0.6) is 0 Å². The lowest BCUT2D eigenvalue weighted by Crippen LogP contribution is -2.10. The Labute approximate surface area is 124 Å². The minimum Gasteiger partial charge on any atom is -0.0991 e. The van der Waals surface area contributed by atoms with Crippen LogP contribution < -0.4 is 0 Å². The maximum Gasteiger partial charge on any atom is -0.0116 e. The Balaban J connectivity index is 1.90. The zero-order valence-corrected chi connectivity index (χ0v) is 15.0. The van der Waals surface area contributed by atoms with E-state index in [4.69, 9.17) is 0 Å². The predicted octanol–water partition coefficient (Wildman–Crippen LogP) is 6.61. The second-order valence-electron chi connectivity index (χ2n) is 6.64. The van der Waals surface area contributed by atoms with Crippen molar-refractivity contribution >= 4 is 15.8 Å². The van der Waals surface area contributed by atoms with E-state index in [1.165, 1.54) is 24.2 Å². The van der Waals surface area contributed by atoms with E-state index in [2.05, 4.69) is 13.8 Å². The van der Waals surface area contributed by atoms with Gasteiger partial charge >= 0.3 is 0 Å². The zero-order valence-electron chi connectivity index (χ0n) is 13.2. The lowest BCUT2D eigenvalue weighted by atomic mass is 10.4. The fraction of sp³-hybridized carbons (Fsp3) is 1.00. The maximum absolute atomic E-state index is 2.42. The molecule has 0 amide bonds. The first-order valence-corrected chi connectivity index (χ1v) is 12.4. The van der Waals surface area contributed by atoms with Gasteiger partial charge in [-0.25, -0.2) is 0 Å². The summed E-state index contributed by atoms with van der Waals surface area (Å²) in [4.78, 5) is 0. The molecule has 0 aromatic carbocycles. The Morgan fingerprint density at radius 2 is 1.05 bits per heavy atom. The van der Waals surface area contributed by atoms with E-state index in [0.29, 0.717) is 15.8 Å². The van der Waals surface area contributed by atoms with Crippen LogP contribution in [0.3, 0.4) is 0 Å². The summed E-state index contributed by atoms with van der Waals surface area (Å²) in [6.07, 6.45) is 18.6. The third-order valence-corrected chi connectivity index (χ3v) is 13.1. The van der Waals surface area contributed by atoms with Gasteiger partial charge in [0.2, 0.25) is 0 Å². The molecule has 2 atom stereocenters. The van der Waals surface area contributed by atoms with Crippen LogP contribution >= 0.6 is 15.8 Å².